The number of halogens is 1. The number of aromatic nitrogens is 5. The van der Waals surface area contributed by atoms with Gasteiger partial charge in [-0.25, -0.2) is 9.98 Å². The highest BCUT2D eigenvalue weighted by Gasteiger charge is 2.39. The van der Waals surface area contributed by atoms with Crippen LogP contribution in [0.25, 0.3) is 5.69 Å². The number of fused-ring (bicyclic) bond motifs is 6. The summed E-state index contributed by atoms with van der Waals surface area (Å²) < 4.78 is 15.9. The molecule has 1 aromatic carbocycles. The van der Waals surface area contributed by atoms with Crippen molar-refractivity contribution in [2.45, 2.75) is 26.2 Å². The van der Waals surface area contributed by atoms with Gasteiger partial charge in [0.25, 0.3) is 6.08 Å². The van der Waals surface area contributed by atoms with Crippen LogP contribution >= 0.6 is 0 Å². The zero-order valence-electron chi connectivity index (χ0n) is 14.6. The van der Waals surface area contributed by atoms with Crippen molar-refractivity contribution >= 4 is 11.7 Å². The Labute approximate surface area is 149 Å². The lowest BCUT2D eigenvalue weighted by molar-refractivity contribution is 0.459. The Morgan fingerprint density at radius 2 is 1.92 bits per heavy atom. The van der Waals surface area contributed by atoms with Crippen LogP contribution in [0.2, 0.25) is 0 Å². The summed E-state index contributed by atoms with van der Waals surface area (Å²) in [5.74, 6) is 1.32. The molecule has 0 amide bonds. The predicted octanol–water partition coefficient (Wildman–Crippen LogP) is 1.99. The lowest BCUT2D eigenvalue weighted by Gasteiger charge is -2.36. The number of amidine groups is 1. The van der Waals surface area contributed by atoms with E-state index >= 15 is 0 Å². The summed E-state index contributed by atoms with van der Waals surface area (Å²) in [5, 5.41) is 12.0. The van der Waals surface area contributed by atoms with Crippen molar-refractivity contribution in [3.05, 3.63) is 54.0 Å². The van der Waals surface area contributed by atoms with Crippen LogP contribution in [0.5, 0.6) is 0 Å². The van der Waals surface area contributed by atoms with Crippen LogP contribution < -0.4 is 10.1 Å². The first kappa shape index (κ1) is 15.1. The first-order valence-electron chi connectivity index (χ1n) is 8.33. The maximum atomic E-state index is 14.4. The van der Waals surface area contributed by atoms with E-state index in [1.165, 1.54) is 10.8 Å². The van der Waals surface area contributed by atoms with E-state index < -0.39 is 6.08 Å². The molecule has 2 aliphatic rings. The van der Waals surface area contributed by atoms with Crippen molar-refractivity contribution in [1.82, 2.24) is 24.7 Å². The topological polar surface area (TPSA) is 67.4 Å². The average molecular weight is 352 g/mol. The van der Waals surface area contributed by atoms with E-state index in [1.54, 1.807) is 11.0 Å². The monoisotopic (exact) mass is 352 g/mol. The summed E-state index contributed by atoms with van der Waals surface area (Å²) in [6.07, 6.45) is 2.69. The molecule has 2 aromatic heterocycles. The summed E-state index contributed by atoms with van der Waals surface area (Å²) in [7, 11) is 0. The van der Waals surface area contributed by atoms with Crippen molar-refractivity contribution in [3.8, 4) is 5.69 Å². The van der Waals surface area contributed by atoms with Gasteiger partial charge in [0, 0.05) is 11.0 Å². The Kier molecular flexibility index (Phi) is 2.84. The van der Waals surface area contributed by atoms with E-state index in [2.05, 4.69) is 41.1 Å². The molecule has 2 aliphatic heterocycles. The highest BCUT2D eigenvalue weighted by atomic mass is 19.1. The smallest absolute Gasteiger partial charge is 0.252 e. The van der Waals surface area contributed by atoms with Gasteiger partial charge in [-0.1, -0.05) is 32.9 Å². The first-order chi connectivity index (χ1) is 12.5. The minimum absolute atomic E-state index is 0.161. The molecule has 0 saturated heterocycles. The summed E-state index contributed by atoms with van der Waals surface area (Å²) >= 11 is 0. The normalized spacial score (nSPS) is 15.6. The number of benzene rings is 1. The van der Waals surface area contributed by atoms with E-state index in [1.807, 2.05) is 34.4 Å². The van der Waals surface area contributed by atoms with Gasteiger partial charge in [-0.05, 0) is 17.3 Å². The van der Waals surface area contributed by atoms with E-state index in [4.69, 9.17) is 0 Å². The van der Waals surface area contributed by atoms with Gasteiger partial charge in [-0.15, -0.1) is 9.89 Å². The molecular formula is C17H17FN8. The summed E-state index contributed by atoms with van der Waals surface area (Å²) in [5.41, 5.74) is 2.34. The second-order valence-corrected chi connectivity index (χ2v) is 7.30. The second kappa shape index (κ2) is 4.90. The number of rotatable bonds is 1. The van der Waals surface area contributed by atoms with Gasteiger partial charge in [0.15, 0.2) is 18.3 Å². The van der Waals surface area contributed by atoms with E-state index in [-0.39, 0.29) is 5.41 Å². The molecule has 132 valence electrons. The van der Waals surface area contributed by atoms with Crippen molar-refractivity contribution in [2.75, 3.05) is 16.8 Å². The molecule has 0 fully saturated rings. The third-order valence-corrected chi connectivity index (χ3v) is 4.60. The number of anilines is 1. The third-order valence-electron chi connectivity index (χ3n) is 4.60. The number of hydrogen-bond donors (Lipinski definition) is 0. The highest BCUT2D eigenvalue weighted by Crippen LogP contribution is 2.35. The molecule has 0 saturated carbocycles. The molecule has 4 heterocycles. The maximum absolute atomic E-state index is 14.4. The molecule has 0 N–H and O–H groups in total. The molecule has 0 spiro atoms. The zero-order valence-corrected chi connectivity index (χ0v) is 14.6. The first-order valence-corrected chi connectivity index (χ1v) is 8.33. The van der Waals surface area contributed by atoms with Gasteiger partial charge in [0.2, 0.25) is 0 Å². The fourth-order valence-corrected chi connectivity index (χ4v) is 3.38. The number of para-hydroxylation sites is 1. The standard InChI is InChI=1S/C17H17FN8/c1-17(2,3)13-8-21-22-26(13)23-10-20-15-11-6-4-5-7-12(11)24-14(25(15)23)9-19-16(24)18/h4-9H,10H2,1-3H3. The van der Waals surface area contributed by atoms with Gasteiger partial charge in [0.05, 0.1) is 23.8 Å². The second-order valence-electron chi connectivity index (χ2n) is 7.30. The summed E-state index contributed by atoms with van der Waals surface area (Å²) in [4.78, 5) is 10.3. The van der Waals surface area contributed by atoms with Crippen LogP contribution in [0.3, 0.4) is 0 Å². The third kappa shape index (κ3) is 1.88. The molecule has 3 aromatic rings. The van der Waals surface area contributed by atoms with Gasteiger partial charge < -0.3 is 0 Å². The minimum Gasteiger partial charge on any atom is -0.252 e. The van der Waals surface area contributed by atoms with Gasteiger partial charge in [-0.3, -0.25) is 4.57 Å². The highest BCUT2D eigenvalue weighted by molar-refractivity contribution is 6.15. The van der Waals surface area contributed by atoms with Crippen LogP contribution in [0.1, 0.15) is 32.0 Å². The lowest BCUT2D eigenvalue weighted by Crippen LogP contribution is -2.53. The predicted molar refractivity (Wildman–Crippen MR) is 94.3 cm³/mol. The Morgan fingerprint density at radius 1 is 1.12 bits per heavy atom. The van der Waals surface area contributed by atoms with Gasteiger partial charge >= 0.3 is 0 Å². The Bertz CT molecular complexity index is 1040. The van der Waals surface area contributed by atoms with Gasteiger partial charge in [-0.2, -0.15) is 14.5 Å². The number of aliphatic imine (C=N–C) groups is 1. The summed E-state index contributed by atoms with van der Waals surface area (Å²) in [6, 6.07) is 7.58. The SMILES string of the molecule is CC(C)(C)c1cnnn1N1CN=C2c3ccccc3-n3c(cnc3F)N21. The molecular weight excluding hydrogens is 335 g/mol. The Balaban J connectivity index is 1.70. The van der Waals surface area contributed by atoms with Crippen LogP contribution in [-0.4, -0.2) is 37.2 Å². The molecule has 0 unspecified atom stereocenters. The number of imidazole rings is 1. The zero-order chi connectivity index (χ0) is 18.1. The van der Waals surface area contributed by atoms with Crippen LogP contribution in [-0.2, 0) is 5.41 Å². The van der Waals surface area contributed by atoms with Crippen molar-refractivity contribution in [2.24, 2.45) is 4.99 Å². The van der Waals surface area contributed by atoms with E-state index in [0.717, 1.165) is 22.8 Å². The van der Waals surface area contributed by atoms with Crippen molar-refractivity contribution in [3.63, 3.8) is 0 Å². The van der Waals surface area contributed by atoms with E-state index in [0.29, 0.717) is 12.5 Å². The maximum Gasteiger partial charge on any atom is 0.295 e. The molecule has 0 atom stereocenters. The average Bonchev–Trinajstić information content (AvgIpc) is 3.31. The molecule has 5 rings (SSSR count). The van der Waals surface area contributed by atoms with Crippen LogP contribution in [0.15, 0.2) is 41.7 Å². The molecule has 0 bridgehead atoms. The minimum atomic E-state index is -0.562. The molecule has 0 radical (unpaired) electrons. The van der Waals surface area contributed by atoms with Gasteiger partial charge in [0.1, 0.15) is 0 Å². The van der Waals surface area contributed by atoms with Crippen molar-refractivity contribution < 1.29 is 4.39 Å². The Morgan fingerprint density at radius 3 is 2.73 bits per heavy atom. The molecule has 8 nitrogen and oxygen atoms in total. The molecule has 0 aliphatic carbocycles. The Hall–Kier alpha value is -3.23. The van der Waals surface area contributed by atoms with Crippen LogP contribution in [0, 0.1) is 6.08 Å². The number of hydrazine groups is 1. The summed E-state index contributed by atoms with van der Waals surface area (Å²) in [6.45, 7) is 6.63. The fourth-order valence-electron chi connectivity index (χ4n) is 3.38. The van der Waals surface area contributed by atoms with Crippen molar-refractivity contribution in [1.29, 1.82) is 0 Å². The number of nitrogens with zero attached hydrogens (tertiary/aromatic N) is 8. The van der Waals surface area contributed by atoms with Crippen LogP contribution in [0.4, 0.5) is 10.2 Å². The lowest BCUT2D eigenvalue weighted by atomic mass is 9.93. The fraction of sp³-hybridized carbons (Fsp3) is 0.294. The molecule has 9 heteroatoms. The quantitative estimate of drug-likeness (QED) is 0.670. The molecule has 26 heavy (non-hydrogen) atoms. The van der Waals surface area contributed by atoms with E-state index in [9.17, 15) is 4.39 Å². The largest absolute Gasteiger partial charge is 0.295 e. The number of hydrogen-bond acceptors (Lipinski definition) is 6.